The number of unbranched alkanes of at least 4 members (excludes halogenated alkanes) is 1. The first kappa shape index (κ1) is 64.1. The van der Waals surface area contributed by atoms with E-state index in [0.717, 1.165) is 0 Å². The standard InChI is InChI=1S/C40H94N4O10S2Si8/c1-39(2,55)35(37(47)41-29-25-31-63(21,51-59(11,12)13)53-61(17,18)49-57(5,6)7)43-33(45)27-23-24-28-34(46)44-36(40(3,4)56)38(48)42-30-26-32-64(22,52-60(14,15)16)54-62(19,20)50-58(8,9)10/h35-36,55-56H,23-32H2,1-22H3,(H,41,47)(H,42,48)(H,43,45)(H,44,46). The van der Waals surface area contributed by atoms with Gasteiger partial charge >= 0.3 is 34.2 Å². The Morgan fingerprint density at radius 3 is 0.938 bits per heavy atom. The van der Waals surface area contributed by atoms with Crippen LogP contribution in [0.1, 0.15) is 66.2 Å². The zero-order valence-electron chi connectivity index (χ0n) is 44.2. The van der Waals surface area contributed by atoms with Gasteiger partial charge < -0.3 is 46.0 Å². The number of carbonyl (C=O) groups excluding carboxylic acids is 4. The van der Waals surface area contributed by atoms with E-state index in [9.17, 15) is 19.2 Å². The normalized spacial score (nSPS) is 16.6. The average molecular weight is 1080 g/mol. The number of carbonyl (C=O) groups is 4. The number of hydrogen-bond acceptors (Lipinski definition) is 12. The van der Waals surface area contributed by atoms with Crippen LogP contribution in [0.2, 0.25) is 130 Å². The fourth-order valence-electron chi connectivity index (χ4n) is 7.71. The third kappa shape index (κ3) is 30.5. The second-order valence-corrected chi connectivity index (χ2v) is 58.7. The van der Waals surface area contributed by atoms with E-state index in [2.05, 4.69) is 164 Å². The number of nitrogens with one attached hydrogen (secondary N) is 4. The second-order valence-electron chi connectivity index (χ2n) is 23.4. The average Bonchev–Trinajstić information content (AvgIpc) is 2.98. The van der Waals surface area contributed by atoms with E-state index in [0.29, 0.717) is 50.9 Å². The molecule has 0 aromatic heterocycles. The lowest BCUT2D eigenvalue weighted by Gasteiger charge is -2.41. The summed E-state index contributed by atoms with van der Waals surface area (Å²) in [6.45, 7) is 46.4. The molecule has 0 saturated heterocycles. The molecule has 378 valence electrons. The van der Waals surface area contributed by atoms with Crippen LogP contribution in [-0.4, -0.2) is 126 Å². The summed E-state index contributed by atoms with van der Waals surface area (Å²) in [5.41, 5.74) is 0. The molecule has 0 heterocycles. The minimum atomic E-state index is -2.64. The Bertz CT molecular complexity index is 1400. The molecule has 4 amide bonds. The van der Waals surface area contributed by atoms with Crippen molar-refractivity contribution in [3.63, 3.8) is 0 Å². The van der Waals surface area contributed by atoms with Crippen molar-refractivity contribution in [3.05, 3.63) is 0 Å². The van der Waals surface area contributed by atoms with Gasteiger partial charge in [-0.15, -0.1) is 0 Å². The van der Waals surface area contributed by atoms with E-state index in [1.54, 1.807) is 27.7 Å². The molecule has 4 atom stereocenters. The highest BCUT2D eigenvalue weighted by Crippen LogP contribution is 2.30. The lowest BCUT2D eigenvalue weighted by molar-refractivity contribution is -0.130. The van der Waals surface area contributed by atoms with Crippen LogP contribution in [0.3, 0.4) is 0 Å². The third-order valence-electron chi connectivity index (χ3n) is 8.89. The Kier molecular flexibility index (Phi) is 25.3. The predicted octanol–water partition coefficient (Wildman–Crippen LogP) is 8.93. The van der Waals surface area contributed by atoms with Gasteiger partial charge in [0.2, 0.25) is 23.6 Å². The molecule has 0 aliphatic rings. The van der Waals surface area contributed by atoms with Crippen molar-refractivity contribution in [2.45, 2.75) is 218 Å². The van der Waals surface area contributed by atoms with E-state index < -0.39 is 89.1 Å². The lowest BCUT2D eigenvalue weighted by atomic mass is 10.0. The molecule has 14 nitrogen and oxygen atoms in total. The Labute approximate surface area is 409 Å². The number of rotatable bonds is 31. The molecule has 0 saturated carbocycles. The van der Waals surface area contributed by atoms with Crippen molar-refractivity contribution in [1.82, 2.24) is 21.3 Å². The van der Waals surface area contributed by atoms with Crippen molar-refractivity contribution in [3.8, 4) is 0 Å². The maximum Gasteiger partial charge on any atom is 0.315 e. The van der Waals surface area contributed by atoms with Gasteiger partial charge in [0.15, 0.2) is 33.3 Å². The Balaban J connectivity index is 5.29. The molecule has 0 radical (unpaired) electrons. The highest BCUT2D eigenvalue weighted by molar-refractivity contribution is 7.82. The largest absolute Gasteiger partial charge is 0.437 e. The Morgan fingerprint density at radius 2 is 0.703 bits per heavy atom. The van der Waals surface area contributed by atoms with Gasteiger partial charge in [-0.3, -0.25) is 19.2 Å². The summed E-state index contributed by atoms with van der Waals surface area (Å²) in [6.07, 6.45) is 2.37. The van der Waals surface area contributed by atoms with Crippen LogP contribution in [-0.2, 0) is 43.9 Å². The van der Waals surface area contributed by atoms with Gasteiger partial charge in [-0.05, 0) is 183 Å². The Hall–Kier alpha value is 0.0751. The van der Waals surface area contributed by atoms with Crippen LogP contribution >= 0.6 is 25.3 Å². The van der Waals surface area contributed by atoms with E-state index in [1.807, 2.05) is 0 Å². The maximum absolute atomic E-state index is 13.5. The minimum absolute atomic E-state index is 0.120. The van der Waals surface area contributed by atoms with Crippen LogP contribution in [0.4, 0.5) is 0 Å². The second kappa shape index (κ2) is 25.3. The fourth-order valence-corrected chi connectivity index (χ4v) is 44.0. The minimum Gasteiger partial charge on any atom is -0.437 e. The number of hydrogen-bond donors (Lipinski definition) is 6. The highest BCUT2D eigenvalue weighted by Gasteiger charge is 2.46. The first-order valence-electron chi connectivity index (χ1n) is 23.1. The van der Waals surface area contributed by atoms with Crippen molar-refractivity contribution in [2.24, 2.45) is 0 Å². The third-order valence-corrected chi connectivity index (χ3v) is 36.5. The van der Waals surface area contributed by atoms with Crippen LogP contribution in [0, 0.1) is 0 Å². The molecule has 0 aliphatic heterocycles. The highest BCUT2D eigenvalue weighted by atomic mass is 32.1. The molecule has 0 aromatic carbocycles. The SMILES string of the molecule is CC(C)(S)C(NC(=O)CCCCC(=O)NC(C(=O)NCCC[Si](C)(O[Si](C)(C)C)O[Si](C)(C)O[Si](C)(C)C)C(C)(C)S)C(=O)NCCC[Si](C)(O[Si](C)(C)C)O[Si](C)(C)O[Si](C)(C)C. The van der Waals surface area contributed by atoms with Gasteiger partial charge in [-0.1, -0.05) is 0 Å². The molecule has 4 N–H and O–H groups in total. The smallest absolute Gasteiger partial charge is 0.315 e. The molecule has 4 unspecified atom stereocenters. The van der Waals surface area contributed by atoms with Gasteiger partial charge in [0, 0.05) is 35.4 Å². The molecule has 0 aliphatic carbocycles. The molecule has 0 spiro atoms. The quantitative estimate of drug-likeness (QED) is 0.0224. The molecule has 24 heteroatoms. The summed E-state index contributed by atoms with van der Waals surface area (Å²) in [5, 5.41) is 11.7. The fraction of sp³-hybridized carbons (Fsp3) is 0.900. The van der Waals surface area contributed by atoms with Crippen LogP contribution in [0.5, 0.6) is 0 Å². The number of amides is 4. The summed E-state index contributed by atoms with van der Waals surface area (Å²) in [7, 11) is -17.7. The monoisotopic (exact) mass is 1080 g/mol. The molecule has 0 fully saturated rings. The van der Waals surface area contributed by atoms with Crippen molar-refractivity contribution < 1.29 is 43.9 Å². The Morgan fingerprint density at radius 1 is 0.438 bits per heavy atom. The van der Waals surface area contributed by atoms with E-state index in [-0.39, 0.29) is 36.5 Å². The summed E-state index contributed by atoms with van der Waals surface area (Å²) >= 11 is 9.32. The predicted molar refractivity (Wildman–Crippen MR) is 291 cm³/mol. The summed E-state index contributed by atoms with van der Waals surface area (Å²) in [4.78, 5) is 53.2. The molecule has 64 heavy (non-hydrogen) atoms. The molecular formula is C40H94N4O10S2Si8. The van der Waals surface area contributed by atoms with Gasteiger partial charge in [0.1, 0.15) is 12.1 Å². The molecule has 0 rings (SSSR count). The van der Waals surface area contributed by atoms with Gasteiger partial charge in [-0.25, -0.2) is 0 Å². The van der Waals surface area contributed by atoms with Crippen molar-refractivity contribution in [1.29, 1.82) is 0 Å². The van der Waals surface area contributed by atoms with Gasteiger partial charge in [-0.2, -0.15) is 25.3 Å². The summed E-state index contributed by atoms with van der Waals surface area (Å²) in [6, 6.07) is -0.384. The zero-order valence-corrected chi connectivity index (χ0v) is 54.0. The van der Waals surface area contributed by atoms with Gasteiger partial charge in [0.25, 0.3) is 0 Å². The van der Waals surface area contributed by atoms with Crippen molar-refractivity contribution in [2.75, 3.05) is 13.1 Å². The van der Waals surface area contributed by atoms with Crippen LogP contribution in [0.25, 0.3) is 0 Å². The first-order valence-corrected chi connectivity index (χ1v) is 48.3. The zero-order chi connectivity index (χ0) is 50.6. The van der Waals surface area contributed by atoms with Crippen LogP contribution < -0.4 is 21.3 Å². The molecule has 0 aromatic rings. The first-order chi connectivity index (χ1) is 28.3. The molecular weight excluding hydrogens is 985 g/mol. The van der Waals surface area contributed by atoms with E-state index in [1.165, 1.54) is 0 Å². The summed E-state index contributed by atoms with van der Waals surface area (Å²) in [5.74, 6) is -1.25. The lowest BCUT2D eigenvalue weighted by Crippen LogP contribution is -2.57. The van der Waals surface area contributed by atoms with Gasteiger partial charge in [0.05, 0.1) is 0 Å². The molecule has 0 bridgehead atoms. The maximum atomic E-state index is 13.5. The number of thiol groups is 2. The van der Waals surface area contributed by atoms with E-state index in [4.69, 9.17) is 24.7 Å². The topological polar surface area (TPSA) is 172 Å². The van der Waals surface area contributed by atoms with Crippen molar-refractivity contribution >= 4 is 116 Å². The summed E-state index contributed by atoms with van der Waals surface area (Å²) < 4.78 is 38.2. The van der Waals surface area contributed by atoms with E-state index >= 15 is 0 Å². The van der Waals surface area contributed by atoms with Crippen LogP contribution in [0.15, 0.2) is 0 Å².